The highest BCUT2D eigenvalue weighted by molar-refractivity contribution is 7.93. The Morgan fingerprint density at radius 2 is 1.79 bits per heavy atom. The Morgan fingerprint density at radius 1 is 1.18 bits per heavy atom. The van der Waals surface area contributed by atoms with Gasteiger partial charge in [0.1, 0.15) is 5.00 Å². The Kier molecular flexibility index (Phi) is 6.84. The normalized spacial score (nSPS) is 11.4. The quantitative estimate of drug-likeness (QED) is 0.656. The lowest BCUT2D eigenvalue weighted by Gasteiger charge is -2.12. The fourth-order valence-electron chi connectivity index (χ4n) is 2.67. The largest absolute Gasteiger partial charge is 0.459 e. The van der Waals surface area contributed by atoms with Gasteiger partial charge in [0.15, 0.2) is 0 Å². The molecule has 2 rings (SSSR count). The van der Waals surface area contributed by atoms with Gasteiger partial charge in [-0.1, -0.05) is 6.92 Å². The Balaban J connectivity index is 2.38. The Morgan fingerprint density at radius 3 is 2.29 bits per heavy atom. The van der Waals surface area contributed by atoms with Crippen LogP contribution in [-0.2, 0) is 26.0 Å². The monoisotopic (exact) mass is 424 g/mol. The van der Waals surface area contributed by atoms with Gasteiger partial charge in [0.2, 0.25) is 5.91 Å². The molecule has 152 valence electrons. The first-order chi connectivity index (χ1) is 13.0. The molecule has 0 aliphatic carbocycles. The van der Waals surface area contributed by atoms with E-state index in [0.717, 1.165) is 10.4 Å². The second kappa shape index (κ2) is 8.74. The molecule has 0 atom stereocenters. The molecule has 0 saturated carbocycles. The van der Waals surface area contributed by atoms with Gasteiger partial charge in [0.05, 0.1) is 16.6 Å². The van der Waals surface area contributed by atoms with Crippen LogP contribution in [0.15, 0.2) is 29.2 Å². The van der Waals surface area contributed by atoms with E-state index in [9.17, 15) is 18.0 Å². The minimum atomic E-state index is -3.91. The number of hydrogen-bond donors (Lipinski definition) is 2. The van der Waals surface area contributed by atoms with Crippen LogP contribution in [0.1, 0.15) is 48.5 Å². The lowest BCUT2D eigenvalue weighted by Crippen LogP contribution is -2.17. The molecule has 2 aromatic rings. The van der Waals surface area contributed by atoms with E-state index < -0.39 is 16.0 Å². The predicted octanol–water partition coefficient (Wildman–Crippen LogP) is 3.94. The van der Waals surface area contributed by atoms with Gasteiger partial charge in [0, 0.05) is 17.5 Å². The molecule has 1 aromatic heterocycles. The maximum Gasteiger partial charge on any atom is 0.341 e. The van der Waals surface area contributed by atoms with Crippen molar-refractivity contribution < 1.29 is 22.7 Å². The molecule has 9 heteroatoms. The van der Waals surface area contributed by atoms with Crippen molar-refractivity contribution in [3.8, 4) is 0 Å². The summed E-state index contributed by atoms with van der Waals surface area (Å²) >= 11 is 1.21. The number of carbonyl (C=O) groups excluding carboxylic acids is 2. The van der Waals surface area contributed by atoms with Gasteiger partial charge in [-0.25, -0.2) is 13.2 Å². The zero-order chi connectivity index (χ0) is 21.1. The number of anilines is 2. The number of nitrogens with one attached hydrogen (secondary N) is 2. The van der Waals surface area contributed by atoms with Gasteiger partial charge in [0.25, 0.3) is 10.0 Å². The van der Waals surface area contributed by atoms with Gasteiger partial charge in [-0.05, 0) is 57.0 Å². The van der Waals surface area contributed by atoms with E-state index in [1.165, 1.54) is 42.5 Å². The summed E-state index contributed by atoms with van der Waals surface area (Å²) < 4.78 is 33.4. The van der Waals surface area contributed by atoms with Gasteiger partial charge < -0.3 is 10.1 Å². The van der Waals surface area contributed by atoms with E-state index in [4.69, 9.17) is 4.74 Å². The van der Waals surface area contributed by atoms with E-state index >= 15 is 0 Å². The van der Waals surface area contributed by atoms with Crippen LogP contribution < -0.4 is 10.0 Å². The second-order valence-electron chi connectivity index (χ2n) is 6.46. The van der Waals surface area contributed by atoms with Crippen molar-refractivity contribution >= 4 is 43.9 Å². The molecule has 1 amide bonds. The first kappa shape index (κ1) is 21.9. The SMILES string of the molecule is CCc1c(C)sc(NS(=O)(=O)c2ccc(NC(C)=O)cc2)c1C(=O)OC(C)C. The molecule has 0 bridgehead atoms. The van der Waals surface area contributed by atoms with Gasteiger partial charge in [-0.15, -0.1) is 11.3 Å². The Bertz CT molecular complexity index is 976. The number of amides is 1. The number of sulfonamides is 1. The van der Waals surface area contributed by atoms with E-state index in [-0.39, 0.29) is 27.5 Å². The third-order valence-corrected chi connectivity index (χ3v) is 6.38. The van der Waals surface area contributed by atoms with Gasteiger partial charge >= 0.3 is 5.97 Å². The summed E-state index contributed by atoms with van der Waals surface area (Å²) in [5.41, 5.74) is 1.53. The van der Waals surface area contributed by atoms with Crippen LogP contribution in [0.25, 0.3) is 0 Å². The second-order valence-corrected chi connectivity index (χ2v) is 9.37. The van der Waals surface area contributed by atoms with Crippen molar-refractivity contribution in [3.05, 3.63) is 40.3 Å². The molecule has 28 heavy (non-hydrogen) atoms. The van der Waals surface area contributed by atoms with Crippen LogP contribution >= 0.6 is 11.3 Å². The van der Waals surface area contributed by atoms with Crippen LogP contribution in [0.3, 0.4) is 0 Å². The molecule has 0 radical (unpaired) electrons. The molecule has 2 N–H and O–H groups in total. The maximum absolute atomic E-state index is 12.8. The van der Waals surface area contributed by atoms with Gasteiger partial charge in [-0.2, -0.15) is 0 Å². The van der Waals surface area contributed by atoms with E-state index in [1.807, 2.05) is 13.8 Å². The van der Waals surface area contributed by atoms with E-state index in [0.29, 0.717) is 12.1 Å². The van der Waals surface area contributed by atoms with Crippen LogP contribution in [0.4, 0.5) is 10.7 Å². The fraction of sp³-hybridized carbons (Fsp3) is 0.368. The van der Waals surface area contributed by atoms with Crippen LogP contribution in [0.2, 0.25) is 0 Å². The molecular formula is C19H24N2O5S2. The lowest BCUT2D eigenvalue weighted by atomic mass is 10.1. The minimum absolute atomic E-state index is 0.0221. The first-order valence-corrected chi connectivity index (χ1v) is 11.1. The van der Waals surface area contributed by atoms with Gasteiger partial charge in [-0.3, -0.25) is 9.52 Å². The number of hydrogen-bond acceptors (Lipinski definition) is 6. The Hall–Kier alpha value is -2.39. The molecule has 0 fully saturated rings. The molecule has 1 heterocycles. The highest BCUT2D eigenvalue weighted by atomic mass is 32.2. The van der Waals surface area contributed by atoms with Crippen molar-refractivity contribution in [2.75, 3.05) is 10.0 Å². The first-order valence-electron chi connectivity index (χ1n) is 8.78. The highest BCUT2D eigenvalue weighted by Crippen LogP contribution is 2.35. The van der Waals surface area contributed by atoms with Crippen molar-refractivity contribution in [2.24, 2.45) is 0 Å². The van der Waals surface area contributed by atoms with Crippen molar-refractivity contribution in [3.63, 3.8) is 0 Å². The number of aryl methyl sites for hydroxylation is 1. The van der Waals surface area contributed by atoms with Crippen molar-refractivity contribution in [2.45, 2.75) is 52.0 Å². The summed E-state index contributed by atoms with van der Waals surface area (Å²) in [6, 6.07) is 5.78. The third kappa shape index (κ3) is 5.11. The number of benzene rings is 1. The van der Waals surface area contributed by atoms with Crippen LogP contribution in [0, 0.1) is 6.92 Å². The molecule has 0 spiro atoms. The smallest absolute Gasteiger partial charge is 0.341 e. The maximum atomic E-state index is 12.8. The molecule has 0 unspecified atom stereocenters. The summed E-state index contributed by atoms with van der Waals surface area (Å²) in [6.45, 7) is 8.59. The van der Waals surface area contributed by atoms with Crippen LogP contribution in [0.5, 0.6) is 0 Å². The summed E-state index contributed by atoms with van der Waals surface area (Å²) in [5.74, 6) is -0.793. The fourth-order valence-corrected chi connectivity index (χ4v) is 5.11. The molecule has 0 aliphatic rings. The minimum Gasteiger partial charge on any atom is -0.459 e. The average Bonchev–Trinajstić information content (AvgIpc) is 2.88. The lowest BCUT2D eigenvalue weighted by molar-refractivity contribution is -0.114. The van der Waals surface area contributed by atoms with Crippen LogP contribution in [-0.4, -0.2) is 26.4 Å². The topological polar surface area (TPSA) is 102 Å². The molecule has 7 nitrogen and oxygen atoms in total. The average molecular weight is 425 g/mol. The zero-order valence-electron chi connectivity index (χ0n) is 16.5. The summed E-state index contributed by atoms with van der Waals surface area (Å²) in [4.78, 5) is 24.5. The van der Waals surface area contributed by atoms with E-state index in [2.05, 4.69) is 10.0 Å². The standard InChI is InChI=1S/C19H24N2O5S2/c1-6-16-12(4)27-18(17(16)19(23)26-11(2)3)21-28(24,25)15-9-7-14(8-10-15)20-13(5)22/h7-11,21H,6H2,1-5H3,(H,20,22). The number of rotatable bonds is 7. The highest BCUT2D eigenvalue weighted by Gasteiger charge is 2.26. The van der Waals surface area contributed by atoms with E-state index in [1.54, 1.807) is 13.8 Å². The predicted molar refractivity (Wildman–Crippen MR) is 111 cm³/mol. The Labute approximate surface area is 169 Å². The summed E-state index contributed by atoms with van der Waals surface area (Å²) in [6.07, 6.45) is 0.265. The molecular weight excluding hydrogens is 400 g/mol. The van der Waals surface area contributed by atoms with Crippen molar-refractivity contribution in [1.29, 1.82) is 0 Å². The summed E-state index contributed by atoms with van der Waals surface area (Å²) in [5, 5.41) is 2.82. The number of ether oxygens (including phenoxy) is 1. The number of thiophene rings is 1. The molecule has 0 saturated heterocycles. The molecule has 1 aromatic carbocycles. The number of carbonyl (C=O) groups is 2. The zero-order valence-corrected chi connectivity index (χ0v) is 18.1. The summed E-state index contributed by atoms with van der Waals surface area (Å²) in [7, 11) is -3.91. The van der Waals surface area contributed by atoms with Crippen molar-refractivity contribution in [1.82, 2.24) is 0 Å². The molecule has 0 aliphatic heterocycles. The third-order valence-electron chi connectivity index (χ3n) is 3.82. The number of esters is 1.